The molecule has 1 aromatic rings. The van der Waals surface area contributed by atoms with Gasteiger partial charge in [-0.15, -0.1) is 0 Å². The Morgan fingerprint density at radius 2 is 2.14 bits per heavy atom. The van der Waals surface area contributed by atoms with E-state index in [0.29, 0.717) is 13.2 Å². The normalized spacial score (nSPS) is 18.8. The first kappa shape index (κ1) is 16.6. The molecule has 1 heterocycles. The summed E-state index contributed by atoms with van der Waals surface area (Å²) in [7, 11) is 0. The molecule has 2 unspecified atom stereocenters. The van der Waals surface area contributed by atoms with E-state index in [0.717, 1.165) is 12.2 Å². The minimum Gasteiger partial charge on any atom is -0.493 e. The lowest BCUT2D eigenvalue weighted by Gasteiger charge is -2.28. The Bertz CT molecular complexity index is 511. The fourth-order valence-electron chi connectivity index (χ4n) is 2.43. The molecule has 0 spiro atoms. The zero-order valence-electron chi connectivity index (χ0n) is 13.8. The Balaban J connectivity index is 1.82. The van der Waals surface area contributed by atoms with Gasteiger partial charge in [0.1, 0.15) is 11.4 Å². The summed E-state index contributed by atoms with van der Waals surface area (Å²) >= 11 is 0. The Morgan fingerprint density at radius 3 is 2.86 bits per heavy atom. The van der Waals surface area contributed by atoms with Gasteiger partial charge in [-0.2, -0.15) is 0 Å². The Kier molecular flexibility index (Phi) is 5.29. The molecule has 0 aliphatic carbocycles. The quantitative estimate of drug-likeness (QED) is 0.898. The number of hydrogen-bond acceptors (Lipinski definition) is 4. The van der Waals surface area contributed by atoms with Gasteiger partial charge in [-0.05, 0) is 33.8 Å². The SMILES string of the molecule is CC(CNC1CCOc2ccccc21)NC(=O)OC(C)(C)C. The van der Waals surface area contributed by atoms with E-state index in [4.69, 9.17) is 9.47 Å². The van der Waals surface area contributed by atoms with E-state index in [1.807, 2.05) is 45.9 Å². The third-order valence-corrected chi connectivity index (χ3v) is 3.39. The fourth-order valence-corrected chi connectivity index (χ4v) is 2.43. The largest absolute Gasteiger partial charge is 0.493 e. The van der Waals surface area contributed by atoms with E-state index < -0.39 is 5.60 Å². The second kappa shape index (κ2) is 7.01. The van der Waals surface area contributed by atoms with Crippen LogP contribution in [0, 0.1) is 0 Å². The van der Waals surface area contributed by atoms with Crippen LogP contribution in [0.2, 0.25) is 0 Å². The molecule has 2 atom stereocenters. The first-order valence-electron chi connectivity index (χ1n) is 7.80. The van der Waals surface area contributed by atoms with Crippen molar-refractivity contribution in [2.24, 2.45) is 0 Å². The van der Waals surface area contributed by atoms with Crippen molar-refractivity contribution in [1.29, 1.82) is 0 Å². The third-order valence-electron chi connectivity index (χ3n) is 3.39. The molecule has 1 aliphatic heterocycles. The Morgan fingerprint density at radius 1 is 1.41 bits per heavy atom. The number of nitrogens with one attached hydrogen (secondary N) is 2. The van der Waals surface area contributed by atoms with Crippen molar-refractivity contribution in [3.05, 3.63) is 29.8 Å². The number of fused-ring (bicyclic) bond motifs is 1. The summed E-state index contributed by atoms with van der Waals surface area (Å²) in [5.74, 6) is 0.944. The minimum atomic E-state index is -0.475. The van der Waals surface area contributed by atoms with Crippen molar-refractivity contribution in [2.45, 2.75) is 51.8 Å². The van der Waals surface area contributed by atoms with E-state index in [2.05, 4.69) is 16.7 Å². The lowest BCUT2D eigenvalue weighted by atomic mass is 10.0. The van der Waals surface area contributed by atoms with E-state index >= 15 is 0 Å². The fraction of sp³-hybridized carbons (Fsp3) is 0.588. The second-order valence-corrected chi connectivity index (χ2v) is 6.68. The molecule has 2 N–H and O–H groups in total. The minimum absolute atomic E-state index is 0.00939. The molecule has 5 nitrogen and oxygen atoms in total. The highest BCUT2D eigenvalue weighted by molar-refractivity contribution is 5.68. The third kappa shape index (κ3) is 4.91. The molecule has 1 aliphatic rings. The first-order valence-corrected chi connectivity index (χ1v) is 7.80. The van der Waals surface area contributed by atoms with Gasteiger partial charge in [-0.1, -0.05) is 18.2 Å². The van der Waals surface area contributed by atoms with E-state index in [9.17, 15) is 4.79 Å². The van der Waals surface area contributed by atoms with E-state index in [-0.39, 0.29) is 18.2 Å². The Hall–Kier alpha value is -1.75. The van der Waals surface area contributed by atoms with Crippen LogP contribution in [0.3, 0.4) is 0 Å². The molecular formula is C17H26N2O3. The van der Waals surface area contributed by atoms with Crippen LogP contribution >= 0.6 is 0 Å². The van der Waals surface area contributed by atoms with Gasteiger partial charge in [-0.3, -0.25) is 0 Å². The maximum atomic E-state index is 11.7. The summed E-state index contributed by atoms with van der Waals surface area (Å²) in [6.07, 6.45) is 0.546. The van der Waals surface area contributed by atoms with Crippen LogP contribution in [0.15, 0.2) is 24.3 Å². The van der Waals surface area contributed by atoms with Crippen molar-refractivity contribution in [2.75, 3.05) is 13.2 Å². The molecule has 0 radical (unpaired) electrons. The van der Waals surface area contributed by atoms with Crippen molar-refractivity contribution in [3.63, 3.8) is 0 Å². The predicted molar refractivity (Wildman–Crippen MR) is 86.1 cm³/mol. The topological polar surface area (TPSA) is 59.6 Å². The zero-order chi connectivity index (χ0) is 16.2. The standard InChI is InChI=1S/C17H26N2O3/c1-12(19-16(20)22-17(2,3)4)11-18-14-9-10-21-15-8-6-5-7-13(14)15/h5-8,12,14,18H,9-11H2,1-4H3,(H,19,20). The van der Waals surface area contributed by atoms with Gasteiger partial charge in [-0.25, -0.2) is 4.79 Å². The number of para-hydroxylation sites is 1. The maximum Gasteiger partial charge on any atom is 0.407 e. The number of alkyl carbamates (subject to hydrolysis) is 1. The van der Waals surface area contributed by atoms with Crippen LogP contribution in [-0.2, 0) is 4.74 Å². The average Bonchev–Trinajstić information content (AvgIpc) is 2.43. The highest BCUT2D eigenvalue weighted by atomic mass is 16.6. The van der Waals surface area contributed by atoms with Crippen LogP contribution in [0.5, 0.6) is 5.75 Å². The monoisotopic (exact) mass is 306 g/mol. The maximum absolute atomic E-state index is 11.7. The summed E-state index contributed by atoms with van der Waals surface area (Å²) in [5, 5.41) is 6.34. The first-order chi connectivity index (χ1) is 10.3. The number of hydrogen-bond donors (Lipinski definition) is 2. The number of ether oxygens (including phenoxy) is 2. The van der Waals surface area contributed by atoms with E-state index in [1.54, 1.807) is 0 Å². The number of benzene rings is 1. The lowest BCUT2D eigenvalue weighted by molar-refractivity contribution is 0.0507. The van der Waals surface area contributed by atoms with Gasteiger partial charge in [0, 0.05) is 30.6 Å². The van der Waals surface area contributed by atoms with Crippen LogP contribution in [-0.4, -0.2) is 30.9 Å². The van der Waals surface area contributed by atoms with Crippen LogP contribution in [0.1, 0.15) is 45.7 Å². The van der Waals surface area contributed by atoms with Gasteiger partial charge in [0.15, 0.2) is 0 Å². The molecule has 122 valence electrons. The number of amides is 1. The zero-order valence-corrected chi connectivity index (χ0v) is 13.8. The number of rotatable bonds is 4. The summed E-state index contributed by atoms with van der Waals surface area (Å²) in [6.45, 7) is 8.92. The number of carbonyl (C=O) groups is 1. The molecule has 1 amide bonds. The molecule has 22 heavy (non-hydrogen) atoms. The predicted octanol–water partition coefficient (Wildman–Crippen LogP) is 3.01. The molecular weight excluding hydrogens is 280 g/mol. The van der Waals surface area contributed by atoms with Gasteiger partial charge in [0.2, 0.25) is 0 Å². The number of carbonyl (C=O) groups excluding carboxylic acids is 1. The smallest absolute Gasteiger partial charge is 0.407 e. The van der Waals surface area contributed by atoms with Gasteiger partial charge in [0.05, 0.1) is 6.61 Å². The summed E-state index contributed by atoms with van der Waals surface area (Å²) in [6, 6.07) is 8.32. The average molecular weight is 306 g/mol. The highest BCUT2D eigenvalue weighted by Crippen LogP contribution is 2.31. The summed E-state index contributed by atoms with van der Waals surface area (Å²) < 4.78 is 10.9. The Labute approximate surface area is 132 Å². The van der Waals surface area contributed by atoms with Gasteiger partial charge < -0.3 is 20.1 Å². The molecule has 5 heteroatoms. The van der Waals surface area contributed by atoms with Crippen molar-refractivity contribution in [1.82, 2.24) is 10.6 Å². The van der Waals surface area contributed by atoms with E-state index in [1.165, 1.54) is 5.56 Å². The summed E-state index contributed by atoms with van der Waals surface area (Å²) in [4.78, 5) is 11.7. The van der Waals surface area contributed by atoms with Crippen LogP contribution in [0.4, 0.5) is 4.79 Å². The molecule has 2 rings (SSSR count). The van der Waals surface area contributed by atoms with Gasteiger partial charge >= 0.3 is 6.09 Å². The second-order valence-electron chi connectivity index (χ2n) is 6.68. The summed E-state index contributed by atoms with van der Waals surface area (Å²) in [5.41, 5.74) is 0.704. The van der Waals surface area contributed by atoms with Crippen LogP contribution in [0.25, 0.3) is 0 Å². The molecule has 0 saturated carbocycles. The van der Waals surface area contributed by atoms with Crippen molar-refractivity contribution >= 4 is 6.09 Å². The van der Waals surface area contributed by atoms with Crippen LogP contribution < -0.4 is 15.4 Å². The molecule has 0 fully saturated rings. The lowest BCUT2D eigenvalue weighted by Crippen LogP contribution is -2.43. The molecule has 0 saturated heterocycles. The highest BCUT2D eigenvalue weighted by Gasteiger charge is 2.22. The molecule has 0 bridgehead atoms. The molecule has 1 aromatic carbocycles. The van der Waals surface area contributed by atoms with Crippen molar-refractivity contribution in [3.8, 4) is 5.75 Å². The van der Waals surface area contributed by atoms with Crippen molar-refractivity contribution < 1.29 is 14.3 Å². The van der Waals surface area contributed by atoms with Gasteiger partial charge in [0.25, 0.3) is 0 Å². The molecule has 0 aromatic heterocycles.